The Labute approximate surface area is 185 Å². The van der Waals surface area contributed by atoms with Crippen molar-refractivity contribution in [3.05, 3.63) is 0 Å². The van der Waals surface area contributed by atoms with Crippen molar-refractivity contribution in [1.82, 2.24) is 0 Å². The summed E-state index contributed by atoms with van der Waals surface area (Å²) in [5.41, 5.74) is 3.29. The molecule has 4 fully saturated rings. The molecule has 0 N–H and O–H groups in total. The fraction of sp³-hybridized carbons (Fsp3) is 1.00. The molecule has 2 nitrogen and oxygen atoms in total. The predicted molar refractivity (Wildman–Crippen MR) is 117 cm³/mol. The maximum Gasteiger partial charge on any atom is 0.161 e. The normalized spacial score (nSPS) is 27.4. The summed E-state index contributed by atoms with van der Waals surface area (Å²) in [6.45, 7) is 1.85. The van der Waals surface area contributed by atoms with Gasteiger partial charge in [0.25, 0.3) is 0 Å². The molecule has 4 rings (SSSR count). The molecule has 0 aromatic carbocycles. The van der Waals surface area contributed by atoms with Gasteiger partial charge < -0.3 is 26.5 Å². The van der Waals surface area contributed by atoms with Crippen LogP contribution in [0, 0.1) is 0 Å². The third-order valence-corrected chi connectivity index (χ3v) is 15.1. The van der Waals surface area contributed by atoms with Crippen molar-refractivity contribution in [3.63, 3.8) is 0 Å². The molecule has 0 radical (unpaired) electrons. The van der Waals surface area contributed by atoms with Gasteiger partial charge in [-0.25, -0.2) is 0 Å². The minimum atomic E-state index is -0.949. The van der Waals surface area contributed by atoms with Crippen LogP contribution in [0.4, 0.5) is 0 Å². The van der Waals surface area contributed by atoms with E-state index in [4.69, 9.17) is 9.47 Å². The number of ether oxygens (including phenoxy) is 2. The van der Waals surface area contributed by atoms with E-state index in [0.717, 1.165) is 36.6 Å². The van der Waals surface area contributed by atoms with Gasteiger partial charge in [0.2, 0.25) is 0 Å². The number of rotatable bonds is 6. The van der Waals surface area contributed by atoms with Gasteiger partial charge in [0.1, 0.15) is 0 Å². The second-order valence-corrected chi connectivity index (χ2v) is 14.5. The molecule has 4 aliphatic rings. The maximum absolute atomic E-state index is 6.03. The van der Waals surface area contributed by atoms with E-state index >= 15 is 0 Å². The number of halogens is 1. The minimum absolute atomic E-state index is 0. The van der Waals surface area contributed by atoms with Gasteiger partial charge in [-0.15, -0.1) is 0 Å². The molecule has 3 aliphatic carbocycles. The fourth-order valence-electron chi connectivity index (χ4n) is 7.16. The topological polar surface area (TPSA) is 18.5 Å². The van der Waals surface area contributed by atoms with E-state index < -0.39 is 7.26 Å². The first-order valence-corrected chi connectivity index (χ1v) is 14.7. The van der Waals surface area contributed by atoms with Crippen molar-refractivity contribution < 1.29 is 26.5 Å². The van der Waals surface area contributed by atoms with Crippen molar-refractivity contribution in [2.75, 3.05) is 19.4 Å². The van der Waals surface area contributed by atoms with E-state index in [1.807, 2.05) is 0 Å². The molecule has 0 unspecified atom stereocenters. The Morgan fingerprint density at radius 1 is 0.536 bits per heavy atom. The van der Waals surface area contributed by atoms with E-state index in [-0.39, 0.29) is 23.3 Å². The Balaban J connectivity index is 0.00000225. The fourth-order valence-corrected chi connectivity index (χ4v) is 14.7. The Morgan fingerprint density at radius 3 is 1.32 bits per heavy atom. The Hall–Kier alpha value is 0.830. The summed E-state index contributed by atoms with van der Waals surface area (Å²) in [6.07, 6.45) is 26.9. The van der Waals surface area contributed by atoms with Gasteiger partial charge in [0.15, 0.2) is 6.29 Å². The summed E-state index contributed by atoms with van der Waals surface area (Å²) in [4.78, 5) is 0. The molecule has 1 aliphatic heterocycles. The van der Waals surface area contributed by atoms with E-state index in [1.54, 1.807) is 38.5 Å². The zero-order valence-electron chi connectivity index (χ0n) is 18.1. The summed E-state index contributed by atoms with van der Waals surface area (Å²) in [5.74, 6) is 0. The molecule has 1 saturated heterocycles. The van der Waals surface area contributed by atoms with Gasteiger partial charge >= 0.3 is 0 Å². The largest absolute Gasteiger partial charge is 1.00 e. The van der Waals surface area contributed by atoms with Crippen LogP contribution in [0.1, 0.15) is 109 Å². The molecule has 1 heterocycles. The van der Waals surface area contributed by atoms with Crippen LogP contribution in [0.5, 0.6) is 0 Å². The van der Waals surface area contributed by atoms with Crippen LogP contribution in [-0.2, 0) is 9.47 Å². The minimum Gasteiger partial charge on any atom is -1.00 e. The summed E-state index contributed by atoms with van der Waals surface area (Å²) in [6, 6.07) is 0. The van der Waals surface area contributed by atoms with Gasteiger partial charge in [-0.2, -0.15) is 0 Å². The Morgan fingerprint density at radius 2 is 0.929 bits per heavy atom. The second-order valence-electron chi connectivity index (χ2n) is 9.91. The number of hydrogen-bond donors (Lipinski definition) is 0. The van der Waals surface area contributed by atoms with Gasteiger partial charge in [0, 0.05) is 13.7 Å². The van der Waals surface area contributed by atoms with Crippen LogP contribution in [0.3, 0.4) is 0 Å². The monoisotopic (exact) mass is 474 g/mol. The first kappa shape index (κ1) is 23.5. The van der Waals surface area contributed by atoms with Crippen molar-refractivity contribution in [3.8, 4) is 0 Å². The van der Waals surface area contributed by atoms with Crippen LogP contribution in [0.15, 0.2) is 0 Å². The van der Waals surface area contributed by atoms with Crippen LogP contribution >= 0.6 is 7.26 Å². The highest BCUT2D eigenvalue weighted by Crippen LogP contribution is 2.77. The highest BCUT2D eigenvalue weighted by atomic mass is 79.9. The third kappa shape index (κ3) is 5.54. The summed E-state index contributed by atoms with van der Waals surface area (Å²) in [5, 5.41) is 0. The third-order valence-electron chi connectivity index (χ3n) is 8.41. The van der Waals surface area contributed by atoms with Crippen molar-refractivity contribution in [2.45, 2.75) is 132 Å². The average Bonchev–Trinajstić information content (AvgIpc) is 2.77. The lowest BCUT2D eigenvalue weighted by Crippen LogP contribution is -3.00. The Kier molecular flexibility index (Phi) is 10.1. The molecule has 0 spiro atoms. The first-order chi connectivity index (χ1) is 13.4. The maximum atomic E-state index is 6.03. The number of hydrogen-bond acceptors (Lipinski definition) is 2. The molecule has 0 aromatic rings. The van der Waals surface area contributed by atoms with Gasteiger partial charge in [-0.05, 0) is 83.5 Å². The predicted octanol–water partition coefficient (Wildman–Crippen LogP) is 4.16. The summed E-state index contributed by atoms with van der Waals surface area (Å²) < 4.78 is 12.1. The van der Waals surface area contributed by atoms with Crippen LogP contribution in [0.25, 0.3) is 0 Å². The molecule has 0 amide bonds. The standard InChI is InChI=1S/C24H44O2P.BrH/c1-4-11-21(12-5-1)27(22-13-6-2-7-14-22,23-15-8-3-9-16-23)20-17-24-25-18-10-19-26-24;/h21-24H,1-20H2;1H/q+1;/p-1. The first-order valence-electron chi connectivity index (χ1n) is 12.5. The molecule has 28 heavy (non-hydrogen) atoms. The lowest BCUT2D eigenvalue weighted by Gasteiger charge is -2.49. The van der Waals surface area contributed by atoms with Crippen LogP contribution < -0.4 is 17.0 Å². The zero-order chi connectivity index (χ0) is 18.4. The molecule has 3 saturated carbocycles. The Bertz CT molecular complexity index is 377. The van der Waals surface area contributed by atoms with Gasteiger partial charge in [-0.1, -0.05) is 19.3 Å². The van der Waals surface area contributed by atoms with Gasteiger partial charge in [-0.3, -0.25) is 0 Å². The van der Waals surface area contributed by atoms with Crippen LogP contribution in [0.2, 0.25) is 0 Å². The lowest BCUT2D eigenvalue weighted by atomic mass is 9.99. The SMILES string of the molecule is C1CCC([P+](CCC2OCCCO2)(C2CCCCC2)C2CCCCC2)CC1.[Br-]. The van der Waals surface area contributed by atoms with Crippen LogP contribution in [-0.4, -0.2) is 42.6 Å². The summed E-state index contributed by atoms with van der Waals surface area (Å²) in [7, 11) is -0.949. The molecule has 0 atom stereocenters. The molecule has 164 valence electrons. The highest BCUT2D eigenvalue weighted by molar-refractivity contribution is 7.77. The lowest BCUT2D eigenvalue weighted by molar-refractivity contribution is -0.178. The molecular formula is C24H44BrO2P. The van der Waals surface area contributed by atoms with Crippen molar-refractivity contribution in [1.29, 1.82) is 0 Å². The molecule has 0 aromatic heterocycles. The van der Waals surface area contributed by atoms with Crippen molar-refractivity contribution in [2.24, 2.45) is 0 Å². The molecule has 4 heteroatoms. The molecule has 0 bridgehead atoms. The zero-order valence-corrected chi connectivity index (χ0v) is 20.6. The smallest absolute Gasteiger partial charge is 0.161 e. The van der Waals surface area contributed by atoms with E-state index in [1.165, 1.54) is 70.4 Å². The van der Waals surface area contributed by atoms with Crippen molar-refractivity contribution >= 4 is 7.26 Å². The quantitative estimate of drug-likeness (QED) is 0.538. The van der Waals surface area contributed by atoms with E-state index in [0.29, 0.717) is 0 Å². The van der Waals surface area contributed by atoms with E-state index in [2.05, 4.69) is 0 Å². The highest BCUT2D eigenvalue weighted by Gasteiger charge is 2.56. The molecular weight excluding hydrogens is 431 g/mol. The summed E-state index contributed by atoms with van der Waals surface area (Å²) >= 11 is 0. The second kappa shape index (κ2) is 12.0. The van der Waals surface area contributed by atoms with E-state index in [9.17, 15) is 0 Å². The van der Waals surface area contributed by atoms with Gasteiger partial charge in [0.05, 0.1) is 36.4 Å². The average molecular weight is 475 g/mol.